The van der Waals surface area contributed by atoms with Crippen LogP contribution in [0.25, 0.3) is 11.1 Å². The summed E-state index contributed by atoms with van der Waals surface area (Å²) in [6.07, 6.45) is 1.87. The smallest absolute Gasteiger partial charge is 0.414 e. The summed E-state index contributed by atoms with van der Waals surface area (Å²) in [5, 5.41) is 17.0. The molecule has 2 heterocycles. The first-order chi connectivity index (χ1) is 16.4. The van der Waals surface area contributed by atoms with Gasteiger partial charge in [0.25, 0.3) is 0 Å². The molecule has 0 aliphatic carbocycles. The van der Waals surface area contributed by atoms with Crippen molar-refractivity contribution in [3.8, 4) is 11.1 Å². The lowest BCUT2D eigenvalue weighted by Crippen LogP contribution is -2.33. The standard InChI is InChI=1S/C25H25FN4O4/c1-17(31)28-15-22-16-30(25(32)34-22)21-6-7-23(24(26)12-21)20-4-2-18(3-5-20)13-27-14-19-8-10-29(33)11-9-19/h2-12,22,27H,13-16H2,1H3,(H,28,31)/t22-/m0/s1. The van der Waals surface area contributed by atoms with Crippen LogP contribution in [0, 0.1) is 11.0 Å². The molecule has 1 atom stereocenters. The quantitative estimate of drug-likeness (QED) is 0.395. The van der Waals surface area contributed by atoms with Crippen LogP contribution < -0.4 is 20.3 Å². The molecule has 4 rings (SSSR count). The van der Waals surface area contributed by atoms with Gasteiger partial charge in [-0.3, -0.25) is 9.69 Å². The molecule has 9 heteroatoms. The predicted octanol–water partition coefficient (Wildman–Crippen LogP) is 2.88. The zero-order chi connectivity index (χ0) is 24.1. The topological polar surface area (TPSA) is 97.6 Å². The number of nitrogens with zero attached hydrogens (tertiary/aromatic N) is 2. The molecule has 0 radical (unpaired) electrons. The van der Waals surface area contributed by atoms with Crippen LogP contribution in [-0.2, 0) is 22.6 Å². The zero-order valence-corrected chi connectivity index (χ0v) is 18.7. The Morgan fingerprint density at radius 2 is 1.79 bits per heavy atom. The highest BCUT2D eigenvalue weighted by atomic mass is 19.1. The highest BCUT2D eigenvalue weighted by Gasteiger charge is 2.32. The number of rotatable bonds is 8. The Bertz CT molecular complexity index is 1170. The molecule has 1 fully saturated rings. The molecule has 0 spiro atoms. The first-order valence-electron chi connectivity index (χ1n) is 10.9. The van der Waals surface area contributed by atoms with E-state index in [0.29, 0.717) is 24.3 Å². The Morgan fingerprint density at radius 1 is 1.12 bits per heavy atom. The fraction of sp³-hybridized carbons (Fsp3) is 0.240. The Labute approximate surface area is 196 Å². The Balaban J connectivity index is 1.36. The minimum absolute atomic E-state index is 0.207. The molecule has 1 aliphatic heterocycles. The number of hydrogen-bond donors (Lipinski definition) is 2. The number of amides is 2. The van der Waals surface area contributed by atoms with Gasteiger partial charge in [-0.1, -0.05) is 24.3 Å². The van der Waals surface area contributed by atoms with E-state index in [1.165, 1.54) is 30.3 Å². The van der Waals surface area contributed by atoms with E-state index in [1.54, 1.807) is 24.3 Å². The molecule has 2 aromatic carbocycles. The number of cyclic esters (lactones) is 1. The highest BCUT2D eigenvalue weighted by Crippen LogP contribution is 2.29. The fourth-order valence-electron chi connectivity index (χ4n) is 3.72. The van der Waals surface area contributed by atoms with Crippen molar-refractivity contribution in [3.05, 3.63) is 89.1 Å². The van der Waals surface area contributed by atoms with Gasteiger partial charge in [0.2, 0.25) is 5.91 Å². The van der Waals surface area contributed by atoms with Gasteiger partial charge in [0.05, 0.1) is 18.8 Å². The summed E-state index contributed by atoms with van der Waals surface area (Å²) in [5.41, 5.74) is 3.61. The second-order valence-corrected chi connectivity index (χ2v) is 8.08. The highest BCUT2D eigenvalue weighted by molar-refractivity contribution is 5.90. The third-order valence-electron chi connectivity index (χ3n) is 5.51. The van der Waals surface area contributed by atoms with Crippen LogP contribution in [0.2, 0.25) is 0 Å². The average Bonchev–Trinajstić information content (AvgIpc) is 3.20. The minimum Gasteiger partial charge on any atom is -0.619 e. The number of hydrogen-bond acceptors (Lipinski definition) is 5. The summed E-state index contributed by atoms with van der Waals surface area (Å²) in [6, 6.07) is 15.7. The maximum Gasteiger partial charge on any atom is 0.414 e. The number of aromatic nitrogens is 1. The SMILES string of the molecule is CC(=O)NC[C@H]1CN(c2ccc(-c3ccc(CNCc4cc[n+]([O-])cc4)cc3)c(F)c2)C(=O)O1. The summed E-state index contributed by atoms with van der Waals surface area (Å²) in [4.78, 5) is 24.6. The minimum atomic E-state index is -0.568. The van der Waals surface area contributed by atoms with Crippen molar-refractivity contribution in [2.75, 3.05) is 18.0 Å². The number of halogens is 1. The van der Waals surface area contributed by atoms with Gasteiger partial charge >= 0.3 is 6.09 Å². The van der Waals surface area contributed by atoms with Crippen molar-refractivity contribution in [2.45, 2.75) is 26.1 Å². The van der Waals surface area contributed by atoms with Crippen LogP contribution in [0.4, 0.5) is 14.9 Å². The first kappa shape index (κ1) is 23.2. The number of ether oxygens (including phenoxy) is 1. The number of benzene rings is 2. The van der Waals surface area contributed by atoms with Crippen LogP contribution in [0.3, 0.4) is 0 Å². The van der Waals surface area contributed by atoms with Crippen molar-refractivity contribution < 1.29 is 23.4 Å². The van der Waals surface area contributed by atoms with Crippen molar-refractivity contribution in [3.63, 3.8) is 0 Å². The Morgan fingerprint density at radius 3 is 2.44 bits per heavy atom. The van der Waals surface area contributed by atoms with E-state index in [2.05, 4.69) is 10.6 Å². The normalized spacial score (nSPS) is 15.3. The van der Waals surface area contributed by atoms with Gasteiger partial charge in [-0.15, -0.1) is 0 Å². The monoisotopic (exact) mass is 464 g/mol. The van der Waals surface area contributed by atoms with Crippen molar-refractivity contribution in [1.29, 1.82) is 0 Å². The van der Waals surface area contributed by atoms with E-state index in [4.69, 9.17) is 4.74 Å². The van der Waals surface area contributed by atoms with Gasteiger partial charge in [0.1, 0.15) is 11.9 Å². The Kier molecular flexibility index (Phi) is 7.03. The first-order valence-corrected chi connectivity index (χ1v) is 10.9. The maximum atomic E-state index is 14.9. The van der Waals surface area contributed by atoms with Crippen molar-refractivity contribution >= 4 is 17.7 Å². The summed E-state index contributed by atoms with van der Waals surface area (Å²) in [5.74, 6) is -0.651. The van der Waals surface area contributed by atoms with Gasteiger partial charge < -0.3 is 20.6 Å². The number of nitrogens with one attached hydrogen (secondary N) is 2. The average molecular weight is 464 g/mol. The zero-order valence-electron chi connectivity index (χ0n) is 18.7. The second kappa shape index (κ2) is 10.3. The maximum absolute atomic E-state index is 14.9. The molecule has 1 aromatic heterocycles. The molecule has 8 nitrogen and oxygen atoms in total. The predicted molar refractivity (Wildman–Crippen MR) is 124 cm³/mol. The van der Waals surface area contributed by atoms with Crippen molar-refractivity contribution in [2.24, 2.45) is 0 Å². The second-order valence-electron chi connectivity index (χ2n) is 8.08. The number of anilines is 1. The van der Waals surface area contributed by atoms with Crippen LogP contribution in [0.5, 0.6) is 0 Å². The molecule has 3 aromatic rings. The van der Waals surface area contributed by atoms with Crippen LogP contribution in [0.15, 0.2) is 67.0 Å². The summed E-state index contributed by atoms with van der Waals surface area (Å²) < 4.78 is 20.9. The molecular weight excluding hydrogens is 439 g/mol. The molecular formula is C25H25FN4O4. The molecule has 176 valence electrons. The third kappa shape index (κ3) is 5.68. The molecule has 2 N–H and O–H groups in total. The summed E-state index contributed by atoms with van der Waals surface area (Å²) >= 11 is 0. The van der Waals surface area contributed by atoms with E-state index in [1.807, 2.05) is 24.3 Å². The van der Waals surface area contributed by atoms with E-state index < -0.39 is 18.0 Å². The van der Waals surface area contributed by atoms with Crippen molar-refractivity contribution in [1.82, 2.24) is 10.6 Å². The van der Waals surface area contributed by atoms with Crippen LogP contribution in [0.1, 0.15) is 18.1 Å². The lowest BCUT2D eigenvalue weighted by molar-refractivity contribution is -0.605. The molecule has 1 aliphatic rings. The van der Waals surface area contributed by atoms with Crippen LogP contribution >= 0.6 is 0 Å². The van der Waals surface area contributed by atoms with Gasteiger partial charge in [-0.05, 0) is 34.9 Å². The van der Waals surface area contributed by atoms with Gasteiger partial charge in [0, 0.05) is 37.7 Å². The molecule has 0 bridgehead atoms. The summed E-state index contributed by atoms with van der Waals surface area (Å²) in [6.45, 7) is 3.10. The lowest BCUT2D eigenvalue weighted by atomic mass is 10.0. The molecule has 34 heavy (non-hydrogen) atoms. The molecule has 0 saturated carbocycles. The Hall–Kier alpha value is -3.98. The summed E-state index contributed by atoms with van der Waals surface area (Å²) in [7, 11) is 0. The van der Waals surface area contributed by atoms with Gasteiger partial charge in [0.15, 0.2) is 12.4 Å². The van der Waals surface area contributed by atoms with E-state index in [9.17, 15) is 19.2 Å². The van der Waals surface area contributed by atoms with Gasteiger partial charge in [-0.2, -0.15) is 4.73 Å². The third-order valence-corrected chi connectivity index (χ3v) is 5.51. The number of carbonyl (C=O) groups excluding carboxylic acids is 2. The molecule has 0 unspecified atom stereocenters. The number of carbonyl (C=O) groups is 2. The van der Waals surface area contributed by atoms with E-state index >= 15 is 0 Å². The van der Waals surface area contributed by atoms with E-state index in [0.717, 1.165) is 21.4 Å². The lowest BCUT2D eigenvalue weighted by Gasteiger charge is -2.15. The molecule has 2 amide bonds. The van der Waals surface area contributed by atoms with E-state index in [-0.39, 0.29) is 19.0 Å². The molecule has 1 saturated heterocycles. The largest absolute Gasteiger partial charge is 0.619 e. The van der Waals surface area contributed by atoms with Gasteiger partial charge in [-0.25, -0.2) is 9.18 Å². The fourth-order valence-corrected chi connectivity index (χ4v) is 3.72. The number of pyridine rings is 1. The van der Waals surface area contributed by atoms with Crippen LogP contribution in [-0.4, -0.2) is 31.2 Å².